The van der Waals surface area contributed by atoms with E-state index in [1.165, 1.54) is 13.0 Å². The second kappa shape index (κ2) is 5.97. The van der Waals surface area contributed by atoms with Crippen molar-refractivity contribution in [2.75, 3.05) is 5.32 Å². The minimum absolute atomic E-state index is 0.308. The molecule has 0 aliphatic rings. The number of carbonyl (C=O) groups is 2. The molecule has 0 aliphatic carbocycles. The number of carbonyl (C=O) groups excluding carboxylic acids is 2. The normalized spacial score (nSPS) is 9.90. The highest BCUT2D eigenvalue weighted by Crippen LogP contribution is 2.15. The summed E-state index contributed by atoms with van der Waals surface area (Å²) in [6.07, 6.45) is 0. The number of benzene rings is 1. The van der Waals surface area contributed by atoms with E-state index < -0.39 is 5.97 Å². The maximum Gasteiger partial charge on any atom is 0.308 e. The number of hydrogen-bond donors (Lipinski definition) is 1. The van der Waals surface area contributed by atoms with E-state index in [4.69, 9.17) is 4.74 Å². The minimum Gasteiger partial charge on any atom is -0.427 e. The van der Waals surface area contributed by atoms with Crippen LogP contribution in [-0.4, -0.2) is 16.9 Å². The average Bonchev–Trinajstić information content (AvgIpc) is 2.38. The van der Waals surface area contributed by atoms with Crippen molar-refractivity contribution in [2.45, 2.75) is 13.8 Å². The van der Waals surface area contributed by atoms with E-state index in [1.807, 2.05) is 19.1 Å². The summed E-state index contributed by atoms with van der Waals surface area (Å²) in [5.74, 6) is 0.0789. The van der Waals surface area contributed by atoms with E-state index in [1.54, 1.807) is 24.3 Å². The SMILES string of the molecule is CC(=O)Oc1cccc(C(=O)Nc2cccc(C)n2)c1. The Bertz CT molecular complexity index is 653. The number of hydrogen-bond acceptors (Lipinski definition) is 4. The lowest BCUT2D eigenvalue weighted by Crippen LogP contribution is -2.13. The van der Waals surface area contributed by atoms with Gasteiger partial charge in [-0.25, -0.2) is 4.98 Å². The Balaban J connectivity index is 2.15. The molecule has 0 unspecified atom stereocenters. The fraction of sp³-hybridized carbons (Fsp3) is 0.133. The number of amides is 1. The van der Waals surface area contributed by atoms with E-state index in [-0.39, 0.29) is 5.91 Å². The summed E-state index contributed by atoms with van der Waals surface area (Å²) in [5.41, 5.74) is 1.21. The molecule has 5 nitrogen and oxygen atoms in total. The van der Waals surface area contributed by atoms with Crippen LogP contribution in [0.1, 0.15) is 23.0 Å². The molecule has 20 heavy (non-hydrogen) atoms. The van der Waals surface area contributed by atoms with Crippen molar-refractivity contribution in [1.82, 2.24) is 4.98 Å². The molecule has 2 rings (SSSR count). The summed E-state index contributed by atoms with van der Waals surface area (Å²) < 4.78 is 4.94. The molecule has 5 heteroatoms. The highest BCUT2D eigenvalue weighted by atomic mass is 16.5. The Morgan fingerprint density at radius 1 is 1.15 bits per heavy atom. The molecule has 0 saturated carbocycles. The maximum atomic E-state index is 12.1. The Kier molecular flexibility index (Phi) is 4.10. The highest BCUT2D eigenvalue weighted by Gasteiger charge is 2.08. The molecular weight excluding hydrogens is 256 g/mol. The zero-order chi connectivity index (χ0) is 14.5. The first-order chi connectivity index (χ1) is 9.54. The van der Waals surface area contributed by atoms with E-state index >= 15 is 0 Å². The van der Waals surface area contributed by atoms with Gasteiger partial charge in [0.05, 0.1) is 0 Å². The molecule has 1 N–H and O–H groups in total. The third kappa shape index (κ3) is 3.65. The molecule has 0 spiro atoms. The van der Waals surface area contributed by atoms with Crippen molar-refractivity contribution in [1.29, 1.82) is 0 Å². The second-order valence-electron chi connectivity index (χ2n) is 4.24. The third-order valence-electron chi connectivity index (χ3n) is 2.49. The first-order valence-electron chi connectivity index (χ1n) is 6.08. The van der Waals surface area contributed by atoms with Crippen LogP contribution in [0, 0.1) is 6.92 Å². The van der Waals surface area contributed by atoms with Crippen LogP contribution in [0.15, 0.2) is 42.5 Å². The van der Waals surface area contributed by atoms with Crippen LogP contribution in [0.3, 0.4) is 0 Å². The zero-order valence-corrected chi connectivity index (χ0v) is 11.2. The molecule has 102 valence electrons. The van der Waals surface area contributed by atoms with Crippen molar-refractivity contribution in [3.05, 3.63) is 53.7 Å². The van der Waals surface area contributed by atoms with Crippen molar-refractivity contribution in [3.63, 3.8) is 0 Å². The Morgan fingerprint density at radius 2 is 1.90 bits per heavy atom. The predicted molar refractivity (Wildman–Crippen MR) is 74.7 cm³/mol. The lowest BCUT2D eigenvalue weighted by molar-refractivity contribution is -0.131. The van der Waals surface area contributed by atoms with Crippen LogP contribution in [0.2, 0.25) is 0 Å². The number of nitrogens with one attached hydrogen (secondary N) is 1. The molecule has 2 aromatic rings. The summed E-state index contributed by atoms with van der Waals surface area (Å²) in [6.45, 7) is 3.15. The average molecular weight is 270 g/mol. The van der Waals surface area contributed by atoms with Gasteiger partial charge in [0, 0.05) is 18.2 Å². The first kappa shape index (κ1) is 13.7. The van der Waals surface area contributed by atoms with Crippen LogP contribution in [-0.2, 0) is 4.79 Å². The van der Waals surface area contributed by atoms with Gasteiger partial charge in [-0.15, -0.1) is 0 Å². The summed E-state index contributed by atoms with van der Waals surface area (Å²) in [4.78, 5) is 27.2. The Labute approximate surface area is 116 Å². The van der Waals surface area contributed by atoms with Gasteiger partial charge in [0.1, 0.15) is 11.6 Å². The van der Waals surface area contributed by atoms with Crippen LogP contribution in [0.4, 0.5) is 5.82 Å². The summed E-state index contributed by atoms with van der Waals surface area (Å²) in [7, 11) is 0. The van der Waals surface area contributed by atoms with Gasteiger partial charge in [-0.1, -0.05) is 12.1 Å². The van der Waals surface area contributed by atoms with Gasteiger partial charge in [-0.2, -0.15) is 0 Å². The fourth-order valence-corrected chi connectivity index (χ4v) is 1.67. The number of ether oxygens (including phenoxy) is 1. The molecule has 0 atom stereocenters. The smallest absolute Gasteiger partial charge is 0.308 e. The molecule has 0 bridgehead atoms. The van der Waals surface area contributed by atoms with Crippen LogP contribution >= 0.6 is 0 Å². The Morgan fingerprint density at radius 3 is 2.60 bits per heavy atom. The molecule has 0 aliphatic heterocycles. The number of anilines is 1. The monoisotopic (exact) mass is 270 g/mol. The topological polar surface area (TPSA) is 68.3 Å². The maximum absolute atomic E-state index is 12.1. The number of pyridine rings is 1. The van der Waals surface area contributed by atoms with Crippen molar-refractivity contribution in [3.8, 4) is 5.75 Å². The zero-order valence-electron chi connectivity index (χ0n) is 11.2. The number of aryl methyl sites for hydroxylation is 1. The van der Waals surface area contributed by atoms with E-state index in [9.17, 15) is 9.59 Å². The van der Waals surface area contributed by atoms with E-state index in [2.05, 4.69) is 10.3 Å². The summed E-state index contributed by atoms with van der Waals surface area (Å²) >= 11 is 0. The molecule has 1 heterocycles. The molecule has 1 amide bonds. The quantitative estimate of drug-likeness (QED) is 0.687. The van der Waals surface area contributed by atoms with Crippen molar-refractivity contribution >= 4 is 17.7 Å². The van der Waals surface area contributed by atoms with Crippen molar-refractivity contribution < 1.29 is 14.3 Å². The third-order valence-corrected chi connectivity index (χ3v) is 2.49. The minimum atomic E-state index is -0.428. The predicted octanol–water partition coefficient (Wildman–Crippen LogP) is 2.57. The fourth-order valence-electron chi connectivity index (χ4n) is 1.67. The number of rotatable bonds is 3. The van der Waals surface area contributed by atoms with Gasteiger partial charge in [-0.05, 0) is 37.3 Å². The standard InChI is InChI=1S/C15H14N2O3/c1-10-5-3-8-14(16-10)17-15(19)12-6-4-7-13(9-12)20-11(2)18/h3-9H,1-2H3,(H,16,17,19). The van der Waals surface area contributed by atoms with Crippen LogP contribution in [0.5, 0.6) is 5.75 Å². The van der Waals surface area contributed by atoms with E-state index in [0.717, 1.165) is 5.69 Å². The van der Waals surface area contributed by atoms with Crippen LogP contribution in [0.25, 0.3) is 0 Å². The lowest BCUT2D eigenvalue weighted by Gasteiger charge is -2.06. The van der Waals surface area contributed by atoms with Gasteiger partial charge in [-0.3, -0.25) is 9.59 Å². The lowest BCUT2D eigenvalue weighted by atomic mass is 10.2. The molecule has 0 saturated heterocycles. The van der Waals surface area contributed by atoms with Gasteiger partial charge in [0.2, 0.25) is 0 Å². The molecular formula is C15H14N2O3. The molecule has 0 radical (unpaired) electrons. The van der Waals surface area contributed by atoms with Crippen LogP contribution < -0.4 is 10.1 Å². The molecule has 1 aromatic carbocycles. The number of esters is 1. The highest BCUT2D eigenvalue weighted by molar-refractivity contribution is 6.04. The largest absolute Gasteiger partial charge is 0.427 e. The molecule has 0 fully saturated rings. The first-order valence-corrected chi connectivity index (χ1v) is 6.08. The molecule has 1 aromatic heterocycles. The van der Waals surface area contributed by atoms with Gasteiger partial charge in [0.25, 0.3) is 5.91 Å². The van der Waals surface area contributed by atoms with Gasteiger partial charge < -0.3 is 10.1 Å². The summed E-state index contributed by atoms with van der Waals surface area (Å²) in [6, 6.07) is 11.8. The Hall–Kier alpha value is -2.69. The number of nitrogens with zero attached hydrogens (tertiary/aromatic N) is 1. The second-order valence-corrected chi connectivity index (χ2v) is 4.24. The summed E-state index contributed by atoms with van der Waals surface area (Å²) in [5, 5.41) is 2.69. The van der Waals surface area contributed by atoms with Gasteiger partial charge in [0.15, 0.2) is 0 Å². The van der Waals surface area contributed by atoms with E-state index in [0.29, 0.717) is 17.1 Å². The number of aromatic nitrogens is 1. The van der Waals surface area contributed by atoms with Crippen molar-refractivity contribution in [2.24, 2.45) is 0 Å². The van der Waals surface area contributed by atoms with Gasteiger partial charge >= 0.3 is 5.97 Å².